The average molecular weight is 266 g/mol. The van der Waals surface area contributed by atoms with E-state index in [4.69, 9.17) is 0 Å². The van der Waals surface area contributed by atoms with Gasteiger partial charge in [-0.25, -0.2) is 5.01 Å². The highest BCUT2D eigenvalue weighted by Crippen LogP contribution is 2.30. The first-order valence-electron chi connectivity index (χ1n) is 7.48. The third-order valence-electron chi connectivity index (χ3n) is 4.19. The zero-order chi connectivity index (χ0) is 13.8. The van der Waals surface area contributed by atoms with Gasteiger partial charge < -0.3 is 0 Å². The van der Waals surface area contributed by atoms with Crippen LogP contribution in [0.25, 0.3) is 11.1 Å². The molecule has 2 nitrogen and oxygen atoms in total. The summed E-state index contributed by atoms with van der Waals surface area (Å²) in [4.78, 5) is 0. The number of nitrogens with one attached hydrogen (secondary N) is 1. The van der Waals surface area contributed by atoms with Crippen LogP contribution >= 0.6 is 0 Å². The zero-order valence-corrected chi connectivity index (χ0v) is 12.0. The lowest BCUT2D eigenvalue weighted by Crippen LogP contribution is -2.41. The van der Waals surface area contributed by atoms with E-state index in [1.165, 1.54) is 36.0 Å². The fourth-order valence-corrected chi connectivity index (χ4v) is 3.07. The summed E-state index contributed by atoms with van der Waals surface area (Å²) in [6.07, 6.45) is 3.86. The fraction of sp³-hybridized carbons (Fsp3) is 0.333. The lowest BCUT2D eigenvalue weighted by Gasteiger charge is -2.35. The molecule has 0 aromatic heterocycles. The topological polar surface area (TPSA) is 15.3 Å². The van der Waals surface area contributed by atoms with Crippen LogP contribution in [0.4, 0.5) is 0 Å². The average Bonchev–Trinajstić information content (AvgIpc) is 2.56. The molecule has 2 aromatic carbocycles. The van der Waals surface area contributed by atoms with Gasteiger partial charge in [-0.1, -0.05) is 61.0 Å². The highest BCUT2D eigenvalue weighted by atomic mass is 15.5. The molecule has 1 aliphatic heterocycles. The molecule has 1 saturated heterocycles. The quantitative estimate of drug-likeness (QED) is 0.903. The van der Waals surface area contributed by atoms with Crippen LogP contribution in [0, 0.1) is 0 Å². The number of nitrogens with zero attached hydrogens (tertiary/aromatic N) is 1. The molecule has 0 aliphatic carbocycles. The summed E-state index contributed by atoms with van der Waals surface area (Å²) in [6.45, 7) is 1.14. The molecule has 0 saturated carbocycles. The van der Waals surface area contributed by atoms with Crippen molar-refractivity contribution in [1.82, 2.24) is 10.4 Å². The Labute approximate surface area is 121 Å². The highest BCUT2D eigenvalue weighted by Gasteiger charge is 2.22. The molecule has 1 N–H and O–H groups in total. The Hall–Kier alpha value is -1.64. The summed E-state index contributed by atoms with van der Waals surface area (Å²) < 4.78 is 0. The van der Waals surface area contributed by atoms with Crippen molar-refractivity contribution in [2.45, 2.75) is 25.3 Å². The van der Waals surface area contributed by atoms with E-state index in [1.54, 1.807) is 0 Å². The van der Waals surface area contributed by atoms with Gasteiger partial charge in [0.25, 0.3) is 0 Å². The minimum Gasteiger partial charge on any atom is -0.258 e. The van der Waals surface area contributed by atoms with Crippen molar-refractivity contribution in [3.8, 4) is 11.1 Å². The van der Waals surface area contributed by atoms with E-state index in [-0.39, 0.29) is 0 Å². The molecule has 3 rings (SSSR count). The monoisotopic (exact) mass is 266 g/mol. The Kier molecular flexibility index (Phi) is 4.14. The van der Waals surface area contributed by atoms with Gasteiger partial charge in [0.15, 0.2) is 0 Å². The molecule has 2 heteroatoms. The van der Waals surface area contributed by atoms with Crippen LogP contribution in [0.5, 0.6) is 0 Å². The maximum atomic E-state index is 3.33. The summed E-state index contributed by atoms with van der Waals surface area (Å²) in [5.74, 6) is 0. The molecular weight excluding hydrogens is 244 g/mol. The number of benzene rings is 2. The van der Waals surface area contributed by atoms with Crippen LogP contribution in [0.15, 0.2) is 54.6 Å². The molecule has 0 bridgehead atoms. The number of rotatable bonds is 3. The Balaban J connectivity index is 1.82. The Morgan fingerprint density at radius 2 is 1.60 bits per heavy atom. The SMILES string of the molecule is CNN1CCCCC1c1ccc(-c2ccccc2)cc1. The second-order valence-electron chi connectivity index (χ2n) is 5.42. The van der Waals surface area contributed by atoms with Gasteiger partial charge in [-0.2, -0.15) is 0 Å². The van der Waals surface area contributed by atoms with E-state index in [0.29, 0.717) is 6.04 Å². The summed E-state index contributed by atoms with van der Waals surface area (Å²) in [5.41, 5.74) is 7.33. The third kappa shape index (κ3) is 2.77. The number of hydrazine groups is 1. The lowest BCUT2D eigenvalue weighted by atomic mass is 9.95. The second-order valence-corrected chi connectivity index (χ2v) is 5.42. The minimum absolute atomic E-state index is 0.513. The summed E-state index contributed by atoms with van der Waals surface area (Å²) >= 11 is 0. The van der Waals surface area contributed by atoms with E-state index in [2.05, 4.69) is 65.0 Å². The fourth-order valence-electron chi connectivity index (χ4n) is 3.07. The van der Waals surface area contributed by atoms with E-state index in [0.717, 1.165) is 6.54 Å². The molecule has 0 radical (unpaired) electrons. The number of hydrogen-bond acceptors (Lipinski definition) is 2. The van der Waals surface area contributed by atoms with Crippen molar-refractivity contribution >= 4 is 0 Å². The summed E-state index contributed by atoms with van der Waals surface area (Å²) in [5, 5.41) is 2.36. The van der Waals surface area contributed by atoms with E-state index in [9.17, 15) is 0 Å². The van der Waals surface area contributed by atoms with Crippen LogP contribution < -0.4 is 5.43 Å². The minimum atomic E-state index is 0.513. The first kappa shape index (κ1) is 13.3. The zero-order valence-electron chi connectivity index (χ0n) is 12.0. The molecule has 1 fully saturated rings. The molecule has 20 heavy (non-hydrogen) atoms. The van der Waals surface area contributed by atoms with Crippen molar-refractivity contribution in [3.05, 3.63) is 60.2 Å². The predicted molar refractivity (Wildman–Crippen MR) is 84.2 cm³/mol. The molecule has 2 aromatic rings. The van der Waals surface area contributed by atoms with Crippen molar-refractivity contribution in [1.29, 1.82) is 0 Å². The van der Waals surface area contributed by atoms with Gasteiger partial charge in [0.2, 0.25) is 0 Å². The maximum Gasteiger partial charge on any atom is 0.0492 e. The van der Waals surface area contributed by atoms with Crippen molar-refractivity contribution in [3.63, 3.8) is 0 Å². The van der Waals surface area contributed by atoms with Gasteiger partial charge >= 0.3 is 0 Å². The molecule has 1 aliphatic rings. The smallest absolute Gasteiger partial charge is 0.0492 e. The Morgan fingerprint density at radius 3 is 2.30 bits per heavy atom. The van der Waals surface area contributed by atoms with Crippen molar-refractivity contribution in [2.24, 2.45) is 0 Å². The van der Waals surface area contributed by atoms with Crippen LogP contribution in [0.1, 0.15) is 30.9 Å². The van der Waals surface area contributed by atoms with Gasteiger partial charge in [0, 0.05) is 12.6 Å². The largest absolute Gasteiger partial charge is 0.258 e. The summed E-state index contributed by atoms with van der Waals surface area (Å²) in [7, 11) is 2.02. The van der Waals surface area contributed by atoms with E-state index in [1.807, 2.05) is 7.05 Å². The van der Waals surface area contributed by atoms with Gasteiger partial charge in [0.05, 0.1) is 0 Å². The third-order valence-corrected chi connectivity index (χ3v) is 4.19. The molecular formula is C18H22N2. The van der Waals surface area contributed by atoms with Gasteiger partial charge in [-0.05, 0) is 36.6 Å². The Morgan fingerprint density at radius 1 is 0.900 bits per heavy atom. The Bertz CT molecular complexity index is 533. The van der Waals surface area contributed by atoms with Crippen LogP contribution in [0.2, 0.25) is 0 Å². The van der Waals surface area contributed by atoms with Gasteiger partial charge in [-0.15, -0.1) is 0 Å². The van der Waals surface area contributed by atoms with Crippen LogP contribution in [0.3, 0.4) is 0 Å². The van der Waals surface area contributed by atoms with E-state index >= 15 is 0 Å². The molecule has 0 spiro atoms. The van der Waals surface area contributed by atoms with Crippen LogP contribution in [-0.4, -0.2) is 18.6 Å². The normalized spacial score (nSPS) is 19.9. The molecule has 1 heterocycles. The first-order chi connectivity index (χ1) is 9.88. The van der Waals surface area contributed by atoms with Crippen LogP contribution in [-0.2, 0) is 0 Å². The van der Waals surface area contributed by atoms with Crippen molar-refractivity contribution < 1.29 is 0 Å². The van der Waals surface area contributed by atoms with E-state index < -0.39 is 0 Å². The highest BCUT2D eigenvalue weighted by molar-refractivity contribution is 5.63. The molecule has 1 unspecified atom stereocenters. The molecule has 104 valence electrons. The maximum absolute atomic E-state index is 3.33. The second kappa shape index (κ2) is 6.21. The van der Waals surface area contributed by atoms with Crippen molar-refractivity contribution in [2.75, 3.05) is 13.6 Å². The summed E-state index contributed by atoms with van der Waals surface area (Å²) in [6, 6.07) is 20.1. The molecule has 1 atom stereocenters. The van der Waals surface area contributed by atoms with Gasteiger partial charge in [-0.3, -0.25) is 5.43 Å². The predicted octanol–water partition coefficient (Wildman–Crippen LogP) is 4.02. The number of piperidine rings is 1. The molecule has 0 amide bonds. The van der Waals surface area contributed by atoms with Gasteiger partial charge in [0.1, 0.15) is 0 Å². The first-order valence-corrected chi connectivity index (χ1v) is 7.48. The lowest BCUT2D eigenvalue weighted by molar-refractivity contribution is 0.0984. The number of hydrogen-bond donors (Lipinski definition) is 1. The standard InChI is InChI=1S/C18H22N2/c1-19-20-14-6-5-9-18(20)17-12-10-16(11-13-17)15-7-3-2-4-8-15/h2-4,7-8,10-13,18-19H,5-6,9,14H2,1H3.